The molecular weight excluding hydrogens is 310 g/mol. The first-order valence-corrected chi connectivity index (χ1v) is 8.62. The van der Waals surface area contributed by atoms with Gasteiger partial charge in [-0.25, -0.2) is 9.78 Å². The molecule has 1 fully saturated rings. The lowest BCUT2D eigenvalue weighted by Crippen LogP contribution is -2.35. The number of ether oxygens (including phenoxy) is 1. The third-order valence-corrected chi connectivity index (χ3v) is 5.13. The van der Waals surface area contributed by atoms with Crippen LogP contribution in [0.2, 0.25) is 0 Å². The highest BCUT2D eigenvalue weighted by molar-refractivity contribution is 7.17. The van der Waals surface area contributed by atoms with Gasteiger partial charge in [0, 0.05) is 13.1 Å². The lowest BCUT2D eigenvalue weighted by molar-refractivity contribution is 0.0606. The summed E-state index contributed by atoms with van der Waals surface area (Å²) in [4.78, 5) is 18.9. The summed E-state index contributed by atoms with van der Waals surface area (Å²) in [6.07, 6.45) is 3.29. The molecule has 6 heteroatoms. The Bertz CT molecular complexity index is 664. The van der Waals surface area contributed by atoms with Gasteiger partial charge in [-0.1, -0.05) is 41.7 Å². The molecule has 0 spiro atoms. The highest BCUT2D eigenvalue weighted by atomic mass is 32.1. The first kappa shape index (κ1) is 15.8. The van der Waals surface area contributed by atoms with E-state index in [1.807, 2.05) is 6.07 Å². The molecule has 1 aromatic heterocycles. The normalized spacial score (nSPS) is 15.6. The summed E-state index contributed by atoms with van der Waals surface area (Å²) >= 11 is 1.19. The van der Waals surface area contributed by atoms with Crippen LogP contribution >= 0.6 is 11.3 Å². The highest BCUT2D eigenvalue weighted by Gasteiger charge is 2.26. The standard InChI is InChI=1S/C17H21N3O2S/c1-22-16(21)14-15(19-17(18)23-14)20-9-7-13(8-10-20)11-12-5-3-2-4-6-12/h2-6,13H,7-11H2,1H3,(H2,18,19). The van der Waals surface area contributed by atoms with Crippen LogP contribution in [0.4, 0.5) is 10.9 Å². The van der Waals surface area contributed by atoms with Crippen molar-refractivity contribution in [2.45, 2.75) is 19.3 Å². The van der Waals surface area contributed by atoms with Crippen LogP contribution in [0.3, 0.4) is 0 Å². The number of rotatable bonds is 4. The van der Waals surface area contributed by atoms with Crippen LogP contribution in [0.5, 0.6) is 0 Å². The number of nitrogens with two attached hydrogens (primary N) is 1. The second kappa shape index (κ2) is 7.00. The molecule has 0 saturated carbocycles. The molecule has 0 radical (unpaired) electrons. The smallest absolute Gasteiger partial charge is 0.352 e. The van der Waals surface area contributed by atoms with E-state index in [9.17, 15) is 4.79 Å². The van der Waals surface area contributed by atoms with Crippen molar-refractivity contribution in [2.75, 3.05) is 30.8 Å². The topological polar surface area (TPSA) is 68.5 Å². The van der Waals surface area contributed by atoms with Gasteiger partial charge in [0.25, 0.3) is 0 Å². The average Bonchev–Trinajstić information content (AvgIpc) is 2.97. The molecule has 1 aliphatic heterocycles. The molecule has 1 aliphatic rings. The van der Waals surface area contributed by atoms with Gasteiger partial charge in [-0.2, -0.15) is 0 Å². The van der Waals surface area contributed by atoms with Gasteiger partial charge in [0.05, 0.1) is 7.11 Å². The summed E-state index contributed by atoms with van der Waals surface area (Å²) in [6.45, 7) is 1.79. The molecule has 0 unspecified atom stereocenters. The second-order valence-corrected chi connectivity index (χ2v) is 6.85. The van der Waals surface area contributed by atoms with Crippen LogP contribution in [-0.4, -0.2) is 31.2 Å². The summed E-state index contributed by atoms with van der Waals surface area (Å²) in [6, 6.07) is 10.6. The molecule has 2 N–H and O–H groups in total. The third-order valence-electron chi connectivity index (χ3n) is 4.28. The van der Waals surface area contributed by atoms with Crippen molar-refractivity contribution in [3.8, 4) is 0 Å². The highest BCUT2D eigenvalue weighted by Crippen LogP contribution is 2.32. The fourth-order valence-electron chi connectivity index (χ4n) is 3.06. The molecule has 1 aromatic carbocycles. The zero-order valence-corrected chi connectivity index (χ0v) is 14.0. The van der Waals surface area contributed by atoms with Gasteiger partial charge in [0.1, 0.15) is 0 Å². The summed E-state index contributed by atoms with van der Waals surface area (Å²) < 4.78 is 4.83. The minimum Gasteiger partial charge on any atom is -0.465 e. The first-order valence-electron chi connectivity index (χ1n) is 7.81. The number of benzene rings is 1. The fraction of sp³-hybridized carbons (Fsp3) is 0.412. The number of piperidine rings is 1. The molecule has 23 heavy (non-hydrogen) atoms. The van der Waals surface area contributed by atoms with E-state index in [2.05, 4.69) is 34.1 Å². The van der Waals surface area contributed by atoms with Crippen LogP contribution in [0, 0.1) is 5.92 Å². The monoisotopic (exact) mass is 331 g/mol. The molecule has 5 nitrogen and oxygen atoms in total. The van der Waals surface area contributed by atoms with Gasteiger partial charge in [0.2, 0.25) is 0 Å². The predicted molar refractivity (Wildman–Crippen MR) is 92.9 cm³/mol. The van der Waals surface area contributed by atoms with E-state index < -0.39 is 0 Å². The lowest BCUT2D eigenvalue weighted by Gasteiger charge is -2.32. The Morgan fingerprint density at radius 1 is 1.35 bits per heavy atom. The molecule has 3 rings (SSSR count). The van der Waals surface area contributed by atoms with E-state index >= 15 is 0 Å². The molecule has 0 amide bonds. The van der Waals surface area contributed by atoms with Crippen molar-refractivity contribution in [1.29, 1.82) is 0 Å². The number of methoxy groups -OCH3 is 1. The molecule has 0 bridgehead atoms. The maximum Gasteiger partial charge on any atom is 0.352 e. The number of hydrogen-bond acceptors (Lipinski definition) is 6. The number of aromatic nitrogens is 1. The molecule has 0 atom stereocenters. The van der Waals surface area contributed by atoms with Crippen LogP contribution in [-0.2, 0) is 11.2 Å². The SMILES string of the molecule is COC(=O)c1sc(N)nc1N1CCC(Cc2ccccc2)CC1. The number of esters is 1. The average molecular weight is 331 g/mol. The van der Waals surface area contributed by atoms with Crippen molar-refractivity contribution in [2.24, 2.45) is 5.92 Å². The summed E-state index contributed by atoms with van der Waals surface area (Å²) in [5.41, 5.74) is 7.17. The number of hydrogen-bond donors (Lipinski definition) is 1. The Kier molecular flexibility index (Phi) is 4.81. The van der Waals surface area contributed by atoms with Crippen molar-refractivity contribution in [3.05, 3.63) is 40.8 Å². The predicted octanol–water partition coefficient (Wildman–Crippen LogP) is 2.97. The minimum atomic E-state index is -0.361. The molecule has 1 saturated heterocycles. The Morgan fingerprint density at radius 2 is 2.04 bits per heavy atom. The molecule has 2 heterocycles. The van der Waals surface area contributed by atoms with Crippen LogP contribution < -0.4 is 10.6 Å². The summed E-state index contributed by atoms with van der Waals surface area (Å²) in [5.74, 6) is 0.990. The number of nitrogens with zero attached hydrogens (tertiary/aromatic N) is 2. The first-order chi connectivity index (χ1) is 11.2. The van der Waals surface area contributed by atoms with E-state index in [0.717, 1.165) is 32.4 Å². The van der Waals surface area contributed by atoms with Gasteiger partial charge in [-0.05, 0) is 30.7 Å². The van der Waals surface area contributed by atoms with Crippen molar-refractivity contribution in [1.82, 2.24) is 4.98 Å². The molecule has 2 aromatic rings. The number of thiazole rings is 1. The van der Waals surface area contributed by atoms with Gasteiger partial charge in [-0.3, -0.25) is 0 Å². The van der Waals surface area contributed by atoms with E-state index in [1.54, 1.807) is 0 Å². The van der Waals surface area contributed by atoms with Crippen LogP contribution in [0.25, 0.3) is 0 Å². The molecular formula is C17H21N3O2S. The maximum atomic E-state index is 11.9. The summed E-state index contributed by atoms with van der Waals surface area (Å²) in [5, 5.41) is 0.409. The Balaban J connectivity index is 1.64. The number of carbonyl (C=O) groups excluding carboxylic acids is 1. The Morgan fingerprint density at radius 3 is 2.70 bits per heavy atom. The maximum absolute atomic E-state index is 11.9. The van der Waals surface area contributed by atoms with Crippen molar-refractivity contribution in [3.63, 3.8) is 0 Å². The fourth-order valence-corrected chi connectivity index (χ4v) is 3.84. The number of carbonyl (C=O) groups is 1. The lowest BCUT2D eigenvalue weighted by atomic mass is 9.90. The van der Waals surface area contributed by atoms with E-state index in [4.69, 9.17) is 10.5 Å². The van der Waals surface area contributed by atoms with Crippen molar-refractivity contribution >= 4 is 28.3 Å². The van der Waals surface area contributed by atoms with Crippen LogP contribution in [0.15, 0.2) is 30.3 Å². The Labute approximate surface area is 140 Å². The molecule has 0 aliphatic carbocycles. The third kappa shape index (κ3) is 3.64. The zero-order chi connectivity index (χ0) is 16.2. The largest absolute Gasteiger partial charge is 0.465 e. The molecule has 122 valence electrons. The second-order valence-electron chi connectivity index (χ2n) is 5.82. The Hall–Kier alpha value is -2.08. The van der Waals surface area contributed by atoms with Gasteiger partial charge in [-0.15, -0.1) is 0 Å². The zero-order valence-electron chi connectivity index (χ0n) is 13.2. The van der Waals surface area contributed by atoms with E-state index in [1.165, 1.54) is 24.0 Å². The van der Waals surface area contributed by atoms with Gasteiger partial charge >= 0.3 is 5.97 Å². The van der Waals surface area contributed by atoms with Crippen LogP contribution in [0.1, 0.15) is 28.1 Å². The van der Waals surface area contributed by atoms with Gasteiger partial charge in [0.15, 0.2) is 15.8 Å². The van der Waals surface area contributed by atoms with Gasteiger partial charge < -0.3 is 15.4 Å². The van der Waals surface area contributed by atoms with E-state index in [-0.39, 0.29) is 5.97 Å². The van der Waals surface area contributed by atoms with E-state index in [0.29, 0.717) is 21.7 Å². The van der Waals surface area contributed by atoms with Crippen molar-refractivity contribution < 1.29 is 9.53 Å². The quantitative estimate of drug-likeness (QED) is 0.872. The summed E-state index contributed by atoms with van der Waals surface area (Å²) in [7, 11) is 1.38. The number of nitrogen functional groups attached to an aromatic ring is 1. The number of anilines is 2. The minimum absolute atomic E-state index is 0.361.